The fraction of sp³-hybridized carbons (Fsp3) is 0.158. The van der Waals surface area contributed by atoms with Crippen LogP contribution in [0, 0.1) is 0 Å². The Morgan fingerprint density at radius 2 is 2.11 bits per heavy atom. The van der Waals surface area contributed by atoms with Crippen LogP contribution in [-0.2, 0) is 6.42 Å². The summed E-state index contributed by atoms with van der Waals surface area (Å²) < 4.78 is 34.2. The molecule has 0 atom stereocenters. The summed E-state index contributed by atoms with van der Waals surface area (Å²) in [6, 6.07) is 8.12. The summed E-state index contributed by atoms with van der Waals surface area (Å²) >= 11 is 1.01. The lowest BCUT2D eigenvalue weighted by molar-refractivity contribution is -0.0498. The molecule has 1 aliphatic rings. The molecule has 6 nitrogen and oxygen atoms in total. The summed E-state index contributed by atoms with van der Waals surface area (Å²) in [5, 5.41) is 4.20. The smallest absolute Gasteiger partial charge is 0.387 e. The Hall–Kier alpha value is -3.20. The highest BCUT2D eigenvalue weighted by atomic mass is 32.1. The third-order valence-corrected chi connectivity index (χ3v) is 5.19. The second-order valence-electron chi connectivity index (χ2n) is 6.01. The van der Waals surface area contributed by atoms with Gasteiger partial charge in [-0.2, -0.15) is 8.78 Å². The average Bonchev–Trinajstić information content (AvgIpc) is 3.41. The van der Waals surface area contributed by atoms with E-state index in [4.69, 9.17) is 4.42 Å². The first-order chi connectivity index (χ1) is 13.5. The lowest BCUT2D eigenvalue weighted by atomic mass is 10.1. The number of rotatable bonds is 5. The van der Waals surface area contributed by atoms with E-state index >= 15 is 0 Å². The minimum Gasteiger partial charge on any atom is -0.472 e. The van der Waals surface area contributed by atoms with Crippen LogP contribution in [0.4, 0.5) is 20.2 Å². The molecule has 0 saturated heterocycles. The Labute approximate surface area is 162 Å². The fourth-order valence-corrected chi connectivity index (χ4v) is 3.79. The highest BCUT2D eigenvalue weighted by Crippen LogP contribution is 2.33. The first-order valence-corrected chi connectivity index (χ1v) is 9.21. The van der Waals surface area contributed by atoms with E-state index in [2.05, 4.69) is 10.1 Å². The summed E-state index contributed by atoms with van der Waals surface area (Å²) in [6.07, 6.45) is 3.48. The first-order valence-electron chi connectivity index (χ1n) is 8.33. The van der Waals surface area contributed by atoms with Crippen LogP contribution in [0.1, 0.15) is 25.6 Å². The SMILES string of the molecule is O=C(Nc1ccc2c(c1)CCN2C(=O)c1ccoc1)c1sccc1OC(F)F. The Bertz CT molecular complexity index is 1020. The molecule has 4 rings (SSSR count). The lowest BCUT2D eigenvalue weighted by Gasteiger charge is -2.16. The van der Waals surface area contributed by atoms with Gasteiger partial charge in [-0.15, -0.1) is 11.3 Å². The van der Waals surface area contributed by atoms with Crippen LogP contribution in [0.2, 0.25) is 0 Å². The van der Waals surface area contributed by atoms with Crippen molar-refractivity contribution in [2.75, 3.05) is 16.8 Å². The van der Waals surface area contributed by atoms with Crippen LogP contribution < -0.4 is 15.0 Å². The van der Waals surface area contributed by atoms with Gasteiger partial charge in [0.15, 0.2) is 0 Å². The molecule has 3 heterocycles. The number of fused-ring (bicyclic) bond motifs is 1. The molecule has 2 aromatic heterocycles. The molecule has 1 aromatic carbocycles. The van der Waals surface area contributed by atoms with Crippen LogP contribution in [0.3, 0.4) is 0 Å². The van der Waals surface area contributed by atoms with E-state index in [1.165, 1.54) is 24.0 Å². The van der Waals surface area contributed by atoms with Gasteiger partial charge in [0.1, 0.15) is 16.9 Å². The van der Waals surface area contributed by atoms with Crippen molar-refractivity contribution < 1.29 is 27.5 Å². The minimum atomic E-state index is -3.00. The number of nitrogens with one attached hydrogen (secondary N) is 1. The summed E-state index contributed by atoms with van der Waals surface area (Å²) in [6.45, 7) is -2.48. The van der Waals surface area contributed by atoms with Gasteiger partial charge in [-0.05, 0) is 47.7 Å². The Kier molecular flexibility index (Phi) is 4.82. The third kappa shape index (κ3) is 3.48. The van der Waals surface area contributed by atoms with Crippen molar-refractivity contribution in [3.05, 3.63) is 64.2 Å². The van der Waals surface area contributed by atoms with Gasteiger partial charge in [-0.1, -0.05) is 0 Å². The van der Waals surface area contributed by atoms with Gasteiger partial charge >= 0.3 is 6.61 Å². The monoisotopic (exact) mass is 404 g/mol. The van der Waals surface area contributed by atoms with Gasteiger partial charge in [0.25, 0.3) is 11.8 Å². The molecule has 0 radical (unpaired) electrons. The number of ether oxygens (including phenoxy) is 1. The van der Waals surface area contributed by atoms with E-state index in [1.807, 2.05) is 0 Å². The number of halogens is 2. The predicted octanol–water partition coefficient (Wildman–Crippen LogP) is 4.40. The number of carbonyl (C=O) groups excluding carboxylic acids is 2. The van der Waals surface area contributed by atoms with Gasteiger partial charge in [-0.3, -0.25) is 9.59 Å². The van der Waals surface area contributed by atoms with Crippen molar-refractivity contribution in [2.24, 2.45) is 0 Å². The lowest BCUT2D eigenvalue weighted by Crippen LogP contribution is -2.28. The zero-order valence-electron chi connectivity index (χ0n) is 14.4. The molecule has 9 heteroatoms. The second-order valence-corrected chi connectivity index (χ2v) is 6.93. The predicted molar refractivity (Wildman–Crippen MR) is 99.4 cm³/mol. The largest absolute Gasteiger partial charge is 0.472 e. The molecule has 1 aliphatic heterocycles. The highest BCUT2D eigenvalue weighted by Gasteiger charge is 2.26. The fourth-order valence-electron chi connectivity index (χ4n) is 3.07. The van der Waals surface area contributed by atoms with Crippen molar-refractivity contribution in [3.8, 4) is 5.75 Å². The zero-order chi connectivity index (χ0) is 19.7. The summed E-state index contributed by atoms with van der Waals surface area (Å²) in [7, 11) is 0. The number of furan rings is 1. The number of hydrogen-bond donors (Lipinski definition) is 1. The molecular formula is C19H14F2N2O4S. The van der Waals surface area contributed by atoms with Crippen LogP contribution in [0.15, 0.2) is 52.7 Å². The van der Waals surface area contributed by atoms with Crippen LogP contribution >= 0.6 is 11.3 Å². The second kappa shape index (κ2) is 7.43. The van der Waals surface area contributed by atoms with Gasteiger partial charge in [0.2, 0.25) is 0 Å². The zero-order valence-corrected chi connectivity index (χ0v) is 15.2. The van der Waals surface area contributed by atoms with Crippen molar-refractivity contribution in [1.29, 1.82) is 0 Å². The maximum absolute atomic E-state index is 12.5. The Balaban J connectivity index is 1.50. The Morgan fingerprint density at radius 1 is 1.25 bits per heavy atom. The van der Waals surface area contributed by atoms with Gasteiger partial charge in [-0.25, -0.2) is 0 Å². The van der Waals surface area contributed by atoms with Gasteiger partial charge in [0.05, 0.1) is 11.8 Å². The van der Waals surface area contributed by atoms with E-state index in [0.717, 1.165) is 22.6 Å². The molecule has 0 bridgehead atoms. The van der Waals surface area contributed by atoms with Crippen LogP contribution in [0.25, 0.3) is 0 Å². The Morgan fingerprint density at radius 3 is 2.86 bits per heavy atom. The number of benzene rings is 1. The molecule has 0 spiro atoms. The van der Waals surface area contributed by atoms with Crippen molar-refractivity contribution >= 4 is 34.5 Å². The molecule has 1 N–H and O–H groups in total. The number of hydrogen-bond acceptors (Lipinski definition) is 5. The van der Waals surface area contributed by atoms with E-state index in [1.54, 1.807) is 29.2 Å². The quantitative estimate of drug-likeness (QED) is 0.684. The summed E-state index contributed by atoms with van der Waals surface area (Å²) in [5.74, 6) is -0.845. The molecular weight excluding hydrogens is 390 g/mol. The number of nitrogens with zero attached hydrogens (tertiary/aromatic N) is 1. The van der Waals surface area contributed by atoms with Crippen molar-refractivity contribution in [1.82, 2.24) is 0 Å². The molecule has 0 aliphatic carbocycles. The number of amides is 2. The molecule has 0 unspecified atom stereocenters. The molecule has 2 amide bonds. The van der Waals surface area contributed by atoms with E-state index in [0.29, 0.717) is 24.2 Å². The maximum atomic E-state index is 12.5. The number of anilines is 2. The van der Waals surface area contributed by atoms with E-state index in [-0.39, 0.29) is 16.5 Å². The topological polar surface area (TPSA) is 71.8 Å². The molecule has 0 fully saturated rings. The molecule has 0 saturated carbocycles. The number of carbonyl (C=O) groups is 2. The summed E-state index contributed by atoms with van der Waals surface area (Å²) in [5.41, 5.74) is 2.65. The van der Waals surface area contributed by atoms with E-state index < -0.39 is 12.5 Å². The van der Waals surface area contributed by atoms with Crippen LogP contribution in [0.5, 0.6) is 5.75 Å². The third-order valence-electron chi connectivity index (χ3n) is 4.30. The normalized spacial score (nSPS) is 12.9. The summed E-state index contributed by atoms with van der Waals surface area (Å²) in [4.78, 5) is 26.7. The standard InChI is InChI=1S/C19H14F2N2O4S/c20-19(21)27-15-5-8-28-16(15)17(24)22-13-1-2-14-11(9-13)3-6-23(14)18(25)12-4-7-26-10-12/h1-2,4-5,7-10,19H,3,6H2,(H,22,24). The van der Waals surface area contributed by atoms with Crippen molar-refractivity contribution in [2.45, 2.75) is 13.0 Å². The number of thiophene rings is 1. The highest BCUT2D eigenvalue weighted by molar-refractivity contribution is 7.12. The van der Waals surface area contributed by atoms with Crippen LogP contribution in [-0.4, -0.2) is 25.0 Å². The molecule has 3 aromatic rings. The maximum Gasteiger partial charge on any atom is 0.387 e. The molecule has 144 valence electrons. The average molecular weight is 404 g/mol. The van der Waals surface area contributed by atoms with Gasteiger partial charge < -0.3 is 19.4 Å². The molecule has 28 heavy (non-hydrogen) atoms. The minimum absolute atomic E-state index is 0.0672. The van der Waals surface area contributed by atoms with Gasteiger partial charge in [0, 0.05) is 17.9 Å². The first kappa shape index (κ1) is 18.2. The number of alkyl halides is 2. The van der Waals surface area contributed by atoms with E-state index in [9.17, 15) is 18.4 Å². The van der Waals surface area contributed by atoms with Crippen molar-refractivity contribution in [3.63, 3.8) is 0 Å².